The lowest BCUT2D eigenvalue weighted by atomic mass is 10.2. The summed E-state index contributed by atoms with van der Waals surface area (Å²) in [6, 6.07) is 11.8. The van der Waals surface area contributed by atoms with Gasteiger partial charge in [0.05, 0.1) is 21.1 Å². The van der Waals surface area contributed by atoms with Crippen molar-refractivity contribution in [3.05, 3.63) is 53.7 Å². The van der Waals surface area contributed by atoms with Gasteiger partial charge in [-0.15, -0.1) is 0 Å². The molecule has 0 spiro atoms. The number of aromatic amines is 1. The van der Waals surface area contributed by atoms with Gasteiger partial charge in [-0.25, -0.2) is 8.42 Å². The molecule has 1 heterocycles. The van der Waals surface area contributed by atoms with Gasteiger partial charge >= 0.3 is 0 Å². The van der Waals surface area contributed by atoms with Crippen LogP contribution in [-0.4, -0.2) is 20.4 Å². The molecule has 0 aliphatic rings. The Morgan fingerprint density at radius 1 is 1.09 bits per heavy atom. The van der Waals surface area contributed by atoms with Gasteiger partial charge in [0.2, 0.25) is 0 Å². The molecule has 0 saturated carbocycles. The smallest absolute Gasteiger partial charge is 0.261 e. The maximum Gasteiger partial charge on any atom is 0.261 e. The highest BCUT2D eigenvalue weighted by Crippen LogP contribution is 2.29. The van der Waals surface area contributed by atoms with Gasteiger partial charge in [-0.05, 0) is 30.3 Å². The molecule has 3 rings (SSSR count). The molecule has 1 aromatic heterocycles. The van der Waals surface area contributed by atoms with Gasteiger partial charge in [-0.3, -0.25) is 4.72 Å². The average Bonchev–Trinajstić information content (AvgIpc) is 2.90. The molecular weight excluding hydrogens is 322 g/mol. The van der Waals surface area contributed by atoms with Crippen molar-refractivity contribution in [1.29, 1.82) is 0 Å². The summed E-state index contributed by atoms with van der Waals surface area (Å²) in [5, 5.41) is 4.27. The van der Waals surface area contributed by atoms with E-state index in [1.807, 2.05) is 6.07 Å². The zero-order valence-corrected chi connectivity index (χ0v) is 13.3. The summed E-state index contributed by atoms with van der Waals surface area (Å²) in [5.74, 6) is 0. The Balaban J connectivity index is 1.99. The third-order valence-electron chi connectivity index (χ3n) is 3.36. The lowest BCUT2D eigenvalue weighted by Gasteiger charge is -2.10. The monoisotopic (exact) mass is 335 g/mol. The molecule has 0 fully saturated rings. The van der Waals surface area contributed by atoms with Crippen LogP contribution < -0.4 is 10.0 Å². The molecule has 5 nitrogen and oxygen atoms in total. The highest BCUT2D eigenvalue weighted by molar-refractivity contribution is 7.92. The fourth-order valence-electron chi connectivity index (χ4n) is 2.21. The standard InChI is InChI=1S/C15H14ClN3O2S/c1-17-10-5-7-11(8-6-10)22(20,21)19-14-4-2-3-12-13(16)9-18-15(12)14/h2-9,17-19H,1H3. The summed E-state index contributed by atoms with van der Waals surface area (Å²) in [5.41, 5.74) is 1.96. The zero-order valence-electron chi connectivity index (χ0n) is 11.7. The van der Waals surface area contributed by atoms with Crippen molar-refractivity contribution in [1.82, 2.24) is 4.98 Å². The minimum Gasteiger partial charge on any atom is -0.388 e. The van der Waals surface area contributed by atoms with E-state index in [0.29, 0.717) is 16.2 Å². The Hall–Kier alpha value is -2.18. The number of nitrogens with one attached hydrogen (secondary N) is 3. The molecule has 3 N–H and O–H groups in total. The second kappa shape index (κ2) is 5.55. The summed E-state index contributed by atoms with van der Waals surface area (Å²) in [6.45, 7) is 0. The van der Waals surface area contributed by atoms with Crippen LogP contribution in [0.4, 0.5) is 11.4 Å². The molecule has 0 radical (unpaired) electrons. The van der Waals surface area contributed by atoms with E-state index in [2.05, 4.69) is 15.0 Å². The minimum atomic E-state index is -3.66. The number of fused-ring (bicyclic) bond motifs is 1. The van der Waals surface area contributed by atoms with Crippen LogP contribution in [0.15, 0.2) is 53.6 Å². The number of para-hydroxylation sites is 1. The van der Waals surface area contributed by atoms with Crippen LogP contribution in [0.3, 0.4) is 0 Å². The van der Waals surface area contributed by atoms with Crippen molar-refractivity contribution in [2.75, 3.05) is 17.1 Å². The Kier molecular flexibility index (Phi) is 3.72. The van der Waals surface area contributed by atoms with Crippen molar-refractivity contribution in [2.24, 2.45) is 0 Å². The highest BCUT2D eigenvalue weighted by atomic mass is 35.5. The SMILES string of the molecule is CNc1ccc(S(=O)(=O)Nc2cccc3c(Cl)c[nH]c23)cc1. The predicted octanol–water partition coefficient (Wildman–Crippen LogP) is 3.66. The first-order valence-corrected chi connectivity index (χ1v) is 8.43. The van der Waals surface area contributed by atoms with Gasteiger partial charge in [0, 0.05) is 24.3 Å². The van der Waals surface area contributed by atoms with Crippen LogP contribution >= 0.6 is 11.6 Å². The van der Waals surface area contributed by atoms with Crippen molar-refractivity contribution in [3.63, 3.8) is 0 Å². The number of hydrogen-bond donors (Lipinski definition) is 3. The first-order chi connectivity index (χ1) is 10.5. The lowest BCUT2D eigenvalue weighted by Crippen LogP contribution is -2.13. The van der Waals surface area contributed by atoms with Crippen molar-refractivity contribution >= 4 is 43.9 Å². The number of sulfonamides is 1. The number of benzene rings is 2. The largest absolute Gasteiger partial charge is 0.388 e. The van der Waals surface area contributed by atoms with Crippen molar-refractivity contribution in [2.45, 2.75) is 4.90 Å². The molecule has 0 saturated heterocycles. The van der Waals surface area contributed by atoms with Gasteiger partial charge in [0.25, 0.3) is 10.0 Å². The second-order valence-corrected chi connectivity index (χ2v) is 6.83. The Morgan fingerprint density at radius 3 is 2.50 bits per heavy atom. The molecule has 2 aromatic carbocycles. The van der Waals surface area contributed by atoms with E-state index in [1.54, 1.807) is 49.6 Å². The van der Waals surface area contributed by atoms with E-state index in [-0.39, 0.29) is 4.90 Å². The molecule has 114 valence electrons. The van der Waals surface area contributed by atoms with Gasteiger partial charge in [-0.1, -0.05) is 23.7 Å². The molecule has 7 heteroatoms. The third kappa shape index (κ3) is 2.63. The molecule has 0 amide bonds. The number of halogens is 1. The Bertz CT molecular complexity index is 918. The minimum absolute atomic E-state index is 0.196. The lowest BCUT2D eigenvalue weighted by molar-refractivity contribution is 0.601. The van der Waals surface area contributed by atoms with Crippen LogP contribution in [0.25, 0.3) is 10.9 Å². The number of rotatable bonds is 4. The van der Waals surface area contributed by atoms with E-state index >= 15 is 0 Å². The maximum atomic E-state index is 12.5. The first kappa shape index (κ1) is 14.7. The predicted molar refractivity (Wildman–Crippen MR) is 90.1 cm³/mol. The molecule has 0 aliphatic carbocycles. The highest BCUT2D eigenvalue weighted by Gasteiger charge is 2.16. The van der Waals surface area contributed by atoms with Crippen molar-refractivity contribution in [3.8, 4) is 0 Å². The van der Waals surface area contributed by atoms with Gasteiger partial charge < -0.3 is 10.3 Å². The number of H-pyrrole nitrogens is 1. The van der Waals surface area contributed by atoms with E-state index in [0.717, 1.165) is 11.1 Å². The molecule has 0 atom stereocenters. The normalized spacial score (nSPS) is 11.5. The van der Waals surface area contributed by atoms with Crippen LogP contribution in [0.1, 0.15) is 0 Å². The maximum absolute atomic E-state index is 12.5. The molecule has 0 bridgehead atoms. The fourth-order valence-corrected chi connectivity index (χ4v) is 3.49. The molecule has 22 heavy (non-hydrogen) atoms. The number of aromatic nitrogens is 1. The number of hydrogen-bond acceptors (Lipinski definition) is 3. The first-order valence-electron chi connectivity index (χ1n) is 6.57. The number of anilines is 2. The van der Waals surface area contributed by atoms with Crippen LogP contribution in [-0.2, 0) is 10.0 Å². The summed E-state index contributed by atoms with van der Waals surface area (Å²) in [4.78, 5) is 3.18. The molecule has 0 aliphatic heterocycles. The van der Waals surface area contributed by atoms with E-state index in [9.17, 15) is 8.42 Å². The van der Waals surface area contributed by atoms with Crippen LogP contribution in [0.2, 0.25) is 5.02 Å². The van der Waals surface area contributed by atoms with Gasteiger partial charge in [0.15, 0.2) is 0 Å². The topological polar surface area (TPSA) is 74.0 Å². The van der Waals surface area contributed by atoms with E-state index in [4.69, 9.17) is 11.6 Å². The van der Waals surface area contributed by atoms with Crippen LogP contribution in [0.5, 0.6) is 0 Å². The second-order valence-electron chi connectivity index (χ2n) is 4.74. The molecule has 0 unspecified atom stereocenters. The van der Waals surface area contributed by atoms with E-state index < -0.39 is 10.0 Å². The third-order valence-corrected chi connectivity index (χ3v) is 5.06. The van der Waals surface area contributed by atoms with Crippen LogP contribution in [0, 0.1) is 0 Å². The summed E-state index contributed by atoms with van der Waals surface area (Å²) >= 11 is 6.05. The Morgan fingerprint density at radius 2 is 1.82 bits per heavy atom. The van der Waals surface area contributed by atoms with E-state index in [1.165, 1.54) is 0 Å². The van der Waals surface area contributed by atoms with Crippen molar-refractivity contribution < 1.29 is 8.42 Å². The fraction of sp³-hybridized carbons (Fsp3) is 0.0667. The molecular formula is C15H14ClN3O2S. The zero-order chi connectivity index (χ0) is 15.7. The Labute approximate surface area is 133 Å². The summed E-state index contributed by atoms with van der Waals surface area (Å²) in [7, 11) is -1.89. The quantitative estimate of drug-likeness (QED) is 0.681. The summed E-state index contributed by atoms with van der Waals surface area (Å²) < 4.78 is 27.5. The molecule has 3 aromatic rings. The summed E-state index contributed by atoms with van der Waals surface area (Å²) in [6.07, 6.45) is 1.63. The van der Waals surface area contributed by atoms with Gasteiger partial charge in [0.1, 0.15) is 0 Å². The van der Waals surface area contributed by atoms with Gasteiger partial charge in [-0.2, -0.15) is 0 Å². The average molecular weight is 336 g/mol.